The molecule has 0 radical (unpaired) electrons. The van der Waals surface area contributed by atoms with Crippen molar-refractivity contribution in [3.63, 3.8) is 0 Å². The van der Waals surface area contributed by atoms with E-state index in [9.17, 15) is 9.59 Å². The number of hydrogen-bond donors (Lipinski definition) is 1. The van der Waals surface area contributed by atoms with Gasteiger partial charge in [-0.3, -0.25) is 9.59 Å². The van der Waals surface area contributed by atoms with Crippen LogP contribution in [-0.4, -0.2) is 29.3 Å². The molecule has 1 aliphatic heterocycles. The highest BCUT2D eigenvalue weighted by Crippen LogP contribution is 2.32. The average Bonchev–Trinajstić information content (AvgIpc) is 2.73. The highest BCUT2D eigenvalue weighted by atomic mass is 16.2. The van der Waals surface area contributed by atoms with E-state index in [0.717, 1.165) is 58.0 Å². The van der Waals surface area contributed by atoms with Gasteiger partial charge in [-0.25, -0.2) is 0 Å². The number of amides is 2. The molecule has 27 heavy (non-hydrogen) atoms. The average molecular weight is 369 g/mol. The first kappa shape index (κ1) is 18.5. The Morgan fingerprint density at radius 2 is 1.52 bits per heavy atom. The molecule has 2 amide bonds. The maximum Gasteiger partial charge on any atom is 0.225 e. The van der Waals surface area contributed by atoms with E-state index in [1.165, 1.54) is 30.4 Å². The summed E-state index contributed by atoms with van der Waals surface area (Å²) in [6, 6.07) is 8.84. The molecule has 2 aliphatic carbocycles. The maximum absolute atomic E-state index is 13.0. The van der Waals surface area contributed by atoms with Crippen LogP contribution in [-0.2, 0) is 22.6 Å². The van der Waals surface area contributed by atoms with Crippen LogP contribution in [0.3, 0.4) is 0 Å². The number of rotatable bonds is 3. The van der Waals surface area contributed by atoms with Crippen molar-refractivity contribution in [1.29, 1.82) is 0 Å². The Labute approximate surface area is 162 Å². The zero-order chi connectivity index (χ0) is 18.6. The van der Waals surface area contributed by atoms with Gasteiger partial charge in [0.2, 0.25) is 11.8 Å². The van der Waals surface area contributed by atoms with E-state index in [-0.39, 0.29) is 17.7 Å². The largest absolute Gasteiger partial charge is 0.353 e. The van der Waals surface area contributed by atoms with E-state index in [0.29, 0.717) is 11.9 Å². The quantitative estimate of drug-likeness (QED) is 0.881. The van der Waals surface area contributed by atoms with Crippen molar-refractivity contribution < 1.29 is 9.59 Å². The van der Waals surface area contributed by atoms with Gasteiger partial charge in [-0.15, -0.1) is 0 Å². The van der Waals surface area contributed by atoms with E-state index in [4.69, 9.17) is 0 Å². The summed E-state index contributed by atoms with van der Waals surface area (Å²) in [4.78, 5) is 27.6. The zero-order valence-electron chi connectivity index (χ0n) is 16.3. The molecule has 1 N–H and O–H groups in total. The van der Waals surface area contributed by atoms with Gasteiger partial charge in [0, 0.05) is 31.0 Å². The fourth-order valence-corrected chi connectivity index (χ4v) is 5.11. The summed E-state index contributed by atoms with van der Waals surface area (Å²) in [5.74, 6) is 0.752. The van der Waals surface area contributed by atoms with Crippen LogP contribution in [0.15, 0.2) is 24.3 Å². The van der Waals surface area contributed by atoms with Crippen molar-refractivity contribution in [2.24, 2.45) is 11.8 Å². The number of carbonyl (C=O) groups excluding carboxylic acids is 2. The molecule has 0 bridgehead atoms. The van der Waals surface area contributed by atoms with Crippen LogP contribution < -0.4 is 5.32 Å². The van der Waals surface area contributed by atoms with E-state index < -0.39 is 0 Å². The lowest BCUT2D eigenvalue weighted by atomic mass is 9.80. The van der Waals surface area contributed by atoms with Crippen LogP contribution in [0.2, 0.25) is 0 Å². The molecular weight excluding hydrogens is 336 g/mol. The summed E-state index contributed by atoms with van der Waals surface area (Å²) in [5, 5.41) is 3.27. The summed E-state index contributed by atoms with van der Waals surface area (Å²) in [7, 11) is 0. The van der Waals surface area contributed by atoms with Gasteiger partial charge in [0.25, 0.3) is 0 Å². The minimum atomic E-state index is 0.106. The van der Waals surface area contributed by atoms with Crippen LogP contribution >= 0.6 is 0 Å². The van der Waals surface area contributed by atoms with Gasteiger partial charge in [0.15, 0.2) is 0 Å². The van der Waals surface area contributed by atoms with Gasteiger partial charge in [-0.1, -0.05) is 43.5 Å². The van der Waals surface area contributed by atoms with Crippen LogP contribution in [0, 0.1) is 11.8 Å². The lowest BCUT2D eigenvalue weighted by Gasteiger charge is -2.35. The second-order valence-corrected chi connectivity index (χ2v) is 8.67. The van der Waals surface area contributed by atoms with Gasteiger partial charge in [-0.05, 0) is 56.1 Å². The monoisotopic (exact) mass is 368 g/mol. The van der Waals surface area contributed by atoms with E-state index in [1.54, 1.807) is 0 Å². The fourth-order valence-electron chi connectivity index (χ4n) is 5.11. The van der Waals surface area contributed by atoms with Gasteiger partial charge >= 0.3 is 0 Å². The second-order valence-electron chi connectivity index (χ2n) is 8.67. The maximum atomic E-state index is 13.0. The number of nitrogens with zero attached hydrogens (tertiary/aromatic N) is 1. The summed E-state index contributed by atoms with van der Waals surface area (Å²) in [6.45, 7) is 1.58. The summed E-state index contributed by atoms with van der Waals surface area (Å²) in [5.41, 5.74) is 2.67. The minimum absolute atomic E-state index is 0.106. The first-order valence-corrected chi connectivity index (χ1v) is 10.9. The van der Waals surface area contributed by atoms with Gasteiger partial charge in [-0.2, -0.15) is 0 Å². The molecule has 1 aromatic carbocycles. The number of fused-ring (bicyclic) bond motifs is 1. The Morgan fingerprint density at radius 3 is 2.26 bits per heavy atom. The van der Waals surface area contributed by atoms with Crippen LogP contribution in [0.5, 0.6) is 0 Å². The van der Waals surface area contributed by atoms with E-state index >= 15 is 0 Å². The first-order chi connectivity index (χ1) is 13.2. The topological polar surface area (TPSA) is 49.4 Å². The van der Waals surface area contributed by atoms with Crippen molar-refractivity contribution in [3.05, 3.63) is 35.4 Å². The number of hydrogen-bond acceptors (Lipinski definition) is 2. The third kappa shape index (κ3) is 4.36. The van der Waals surface area contributed by atoms with Gasteiger partial charge < -0.3 is 10.2 Å². The van der Waals surface area contributed by atoms with Gasteiger partial charge in [0.05, 0.1) is 0 Å². The smallest absolute Gasteiger partial charge is 0.225 e. The lowest BCUT2D eigenvalue weighted by molar-refractivity contribution is -0.139. The van der Waals surface area contributed by atoms with Crippen molar-refractivity contribution in [1.82, 2.24) is 10.2 Å². The summed E-state index contributed by atoms with van der Waals surface area (Å²) in [6.07, 6.45) is 10.5. The third-order valence-corrected chi connectivity index (χ3v) is 6.84. The Bertz CT molecular complexity index is 673. The van der Waals surface area contributed by atoms with Crippen LogP contribution in [0.4, 0.5) is 0 Å². The molecule has 2 saturated carbocycles. The molecule has 2 fully saturated rings. The van der Waals surface area contributed by atoms with Crippen molar-refractivity contribution >= 4 is 11.8 Å². The van der Waals surface area contributed by atoms with Crippen LogP contribution in [0.1, 0.15) is 68.9 Å². The lowest BCUT2D eigenvalue weighted by Crippen LogP contribution is -2.43. The number of benzene rings is 1. The molecule has 0 atom stereocenters. The van der Waals surface area contributed by atoms with Crippen LogP contribution in [0.25, 0.3) is 0 Å². The molecule has 1 heterocycles. The molecule has 0 saturated heterocycles. The zero-order valence-corrected chi connectivity index (χ0v) is 16.3. The normalized spacial score (nSPS) is 26.3. The van der Waals surface area contributed by atoms with Crippen molar-refractivity contribution in [3.8, 4) is 0 Å². The van der Waals surface area contributed by atoms with E-state index in [1.807, 2.05) is 4.90 Å². The van der Waals surface area contributed by atoms with Crippen molar-refractivity contribution in [2.75, 3.05) is 6.54 Å². The van der Waals surface area contributed by atoms with Gasteiger partial charge in [0.1, 0.15) is 0 Å². The summed E-state index contributed by atoms with van der Waals surface area (Å²) >= 11 is 0. The molecule has 4 rings (SSSR count). The predicted octanol–water partition coefficient (Wildman–Crippen LogP) is 3.83. The Morgan fingerprint density at radius 1 is 0.852 bits per heavy atom. The predicted molar refractivity (Wildman–Crippen MR) is 106 cm³/mol. The standard InChI is InChI=1S/C23H32N2O2/c26-22(24-21-8-2-1-3-9-21)18-10-12-19(13-11-18)23(27)25-15-14-17-6-4-5-7-20(17)16-25/h4-7,18-19,21H,1-3,8-16H2,(H,24,26). The molecule has 146 valence electrons. The highest BCUT2D eigenvalue weighted by molar-refractivity contribution is 5.81. The first-order valence-electron chi connectivity index (χ1n) is 10.9. The number of carbonyl (C=O) groups is 2. The molecular formula is C23H32N2O2. The molecule has 0 spiro atoms. The Balaban J connectivity index is 1.26. The summed E-state index contributed by atoms with van der Waals surface area (Å²) < 4.78 is 0. The molecule has 4 heteroatoms. The molecule has 1 aromatic rings. The molecule has 4 nitrogen and oxygen atoms in total. The Hall–Kier alpha value is -1.84. The third-order valence-electron chi connectivity index (χ3n) is 6.84. The fraction of sp³-hybridized carbons (Fsp3) is 0.652. The highest BCUT2D eigenvalue weighted by Gasteiger charge is 2.33. The molecule has 0 aromatic heterocycles. The SMILES string of the molecule is O=C(NC1CCCCC1)C1CCC(C(=O)N2CCc3ccccc3C2)CC1. The van der Waals surface area contributed by atoms with E-state index in [2.05, 4.69) is 29.6 Å². The molecule has 0 unspecified atom stereocenters. The Kier molecular flexibility index (Phi) is 5.80. The van der Waals surface area contributed by atoms with Crippen molar-refractivity contribution in [2.45, 2.75) is 76.8 Å². The number of nitrogens with one attached hydrogen (secondary N) is 1. The second kappa shape index (κ2) is 8.45. The molecule has 3 aliphatic rings. The minimum Gasteiger partial charge on any atom is -0.353 e.